The molecule has 0 N–H and O–H groups in total. The summed E-state index contributed by atoms with van der Waals surface area (Å²) in [4.78, 5) is 0. The van der Waals surface area contributed by atoms with Crippen molar-refractivity contribution >= 4 is 0 Å². The minimum absolute atomic E-state index is 0.768. The molecule has 0 rings (SSSR count). The van der Waals surface area contributed by atoms with E-state index in [1.54, 1.807) is 0 Å². The molecular weight excluding hydrogens is 124 g/mol. The highest BCUT2D eigenvalue weighted by Gasteiger charge is 1.91. The van der Waals surface area contributed by atoms with Crippen LogP contribution in [0.25, 0.3) is 0 Å². The molecule has 0 aromatic rings. The summed E-state index contributed by atoms with van der Waals surface area (Å²) in [6.07, 6.45) is 2.22. The second kappa shape index (κ2) is 5.48. The van der Waals surface area contributed by atoms with Crippen molar-refractivity contribution in [3.8, 4) is 0 Å². The maximum Gasteiger partial charge on any atom is 0.0700 e. The van der Waals surface area contributed by atoms with E-state index in [1.165, 1.54) is 11.1 Å². The second-order valence-corrected chi connectivity index (χ2v) is 2.79. The molecule has 10 heavy (non-hydrogen) atoms. The van der Waals surface area contributed by atoms with E-state index >= 15 is 0 Å². The Labute approximate surface area is 64.1 Å². The molecule has 0 saturated heterocycles. The number of ether oxygens (including phenoxy) is 1. The Balaban J connectivity index is 3.40. The van der Waals surface area contributed by atoms with Crippen LogP contribution in [-0.4, -0.2) is 6.61 Å². The van der Waals surface area contributed by atoms with Gasteiger partial charge in [0.2, 0.25) is 0 Å². The van der Waals surface area contributed by atoms with Gasteiger partial charge in [-0.15, -0.1) is 0 Å². The molecule has 0 heterocycles. The van der Waals surface area contributed by atoms with Crippen LogP contribution in [0.3, 0.4) is 0 Å². The van der Waals surface area contributed by atoms with E-state index in [0.717, 1.165) is 19.4 Å². The lowest BCUT2D eigenvalue weighted by atomic mass is 10.1. The normalized spacial score (nSPS) is 9.60. The van der Waals surface area contributed by atoms with Gasteiger partial charge in [0.1, 0.15) is 0 Å². The fraction of sp³-hybridized carbons (Fsp3) is 0.667. The van der Waals surface area contributed by atoms with Gasteiger partial charge in [-0.05, 0) is 33.6 Å². The lowest BCUT2D eigenvalue weighted by Crippen LogP contribution is -1.88. The lowest BCUT2D eigenvalue weighted by Gasteiger charge is -2.01. The molecule has 0 aromatic carbocycles. The first-order valence-electron chi connectivity index (χ1n) is 3.68. The summed E-state index contributed by atoms with van der Waals surface area (Å²) in [6, 6.07) is 0. The summed E-state index contributed by atoms with van der Waals surface area (Å²) in [7, 11) is 3.31. The van der Waals surface area contributed by atoms with Gasteiger partial charge < -0.3 is 4.74 Å². The molecule has 1 heteroatoms. The fourth-order valence-electron chi connectivity index (χ4n) is 0.689. The number of rotatable bonds is 4. The minimum atomic E-state index is 0.768. The van der Waals surface area contributed by atoms with Crippen molar-refractivity contribution in [1.82, 2.24) is 0 Å². The van der Waals surface area contributed by atoms with E-state index in [9.17, 15) is 0 Å². The van der Waals surface area contributed by atoms with E-state index < -0.39 is 0 Å². The molecule has 0 aliphatic heterocycles. The van der Waals surface area contributed by atoms with Crippen LogP contribution in [0.15, 0.2) is 11.1 Å². The zero-order valence-corrected chi connectivity index (χ0v) is 7.24. The molecule has 0 amide bonds. The molecular formula is C9H17O. The average Bonchev–Trinajstić information content (AvgIpc) is 1.88. The van der Waals surface area contributed by atoms with E-state index in [0.29, 0.717) is 0 Å². The summed E-state index contributed by atoms with van der Waals surface area (Å²) in [5.74, 6) is 0. The summed E-state index contributed by atoms with van der Waals surface area (Å²) in [5.41, 5.74) is 2.89. The quantitative estimate of drug-likeness (QED) is 0.432. The molecule has 0 fully saturated rings. The van der Waals surface area contributed by atoms with Crippen molar-refractivity contribution in [3.05, 3.63) is 18.3 Å². The van der Waals surface area contributed by atoms with Crippen molar-refractivity contribution < 1.29 is 4.74 Å². The van der Waals surface area contributed by atoms with E-state index in [2.05, 4.69) is 27.9 Å². The SMILES string of the molecule is [CH2]OCCCC(C)=C(C)C. The molecule has 1 radical (unpaired) electrons. The average molecular weight is 141 g/mol. The summed E-state index contributed by atoms with van der Waals surface area (Å²) in [6.45, 7) is 7.21. The Hall–Kier alpha value is -0.300. The van der Waals surface area contributed by atoms with Gasteiger partial charge in [-0.2, -0.15) is 0 Å². The van der Waals surface area contributed by atoms with Crippen LogP contribution in [-0.2, 0) is 4.74 Å². The Morgan fingerprint density at radius 3 is 2.30 bits per heavy atom. The van der Waals surface area contributed by atoms with Gasteiger partial charge in [-0.25, -0.2) is 0 Å². The van der Waals surface area contributed by atoms with Crippen molar-refractivity contribution in [3.63, 3.8) is 0 Å². The first-order chi connectivity index (χ1) is 4.68. The van der Waals surface area contributed by atoms with Crippen molar-refractivity contribution in [2.45, 2.75) is 33.6 Å². The van der Waals surface area contributed by atoms with Gasteiger partial charge in [0, 0.05) is 6.61 Å². The van der Waals surface area contributed by atoms with E-state index in [1.807, 2.05) is 0 Å². The van der Waals surface area contributed by atoms with Crippen molar-refractivity contribution in [2.75, 3.05) is 6.61 Å². The van der Waals surface area contributed by atoms with Crippen LogP contribution in [0.4, 0.5) is 0 Å². The summed E-state index contributed by atoms with van der Waals surface area (Å²) in [5, 5.41) is 0. The predicted molar refractivity (Wildman–Crippen MR) is 44.6 cm³/mol. The van der Waals surface area contributed by atoms with Crippen LogP contribution < -0.4 is 0 Å². The van der Waals surface area contributed by atoms with Crippen molar-refractivity contribution in [1.29, 1.82) is 0 Å². The molecule has 0 bridgehead atoms. The molecule has 0 saturated carbocycles. The van der Waals surface area contributed by atoms with Crippen LogP contribution in [0, 0.1) is 7.11 Å². The summed E-state index contributed by atoms with van der Waals surface area (Å²) >= 11 is 0. The zero-order chi connectivity index (χ0) is 7.98. The molecule has 0 spiro atoms. The molecule has 0 aromatic heterocycles. The predicted octanol–water partition coefficient (Wildman–Crippen LogP) is 2.93. The Bertz CT molecular complexity index is 110. The fourth-order valence-corrected chi connectivity index (χ4v) is 0.689. The largest absolute Gasteiger partial charge is 0.379 e. The molecule has 0 aliphatic rings. The van der Waals surface area contributed by atoms with Gasteiger partial charge in [0.25, 0.3) is 0 Å². The maximum absolute atomic E-state index is 4.70. The maximum atomic E-state index is 4.70. The highest BCUT2D eigenvalue weighted by atomic mass is 16.5. The zero-order valence-electron chi connectivity index (χ0n) is 7.24. The van der Waals surface area contributed by atoms with Crippen LogP contribution in [0.1, 0.15) is 33.6 Å². The topological polar surface area (TPSA) is 9.23 Å². The lowest BCUT2D eigenvalue weighted by molar-refractivity contribution is 0.237. The monoisotopic (exact) mass is 141 g/mol. The third-order valence-electron chi connectivity index (χ3n) is 1.69. The van der Waals surface area contributed by atoms with Gasteiger partial charge in [-0.1, -0.05) is 11.1 Å². The Kier molecular flexibility index (Phi) is 5.32. The second-order valence-electron chi connectivity index (χ2n) is 2.79. The van der Waals surface area contributed by atoms with Crippen LogP contribution in [0.5, 0.6) is 0 Å². The Morgan fingerprint density at radius 2 is 1.90 bits per heavy atom. The standard InChI is InChI=1S/C9H17O/c1-8(2)9(3)6-5-7-10-4/h4-7H2,1-3H3. The van der Waals surface area contributed by atoms with Crippen LogP contribution >= 0.6 is 0 Å². The number of hydrogen-bond donors (Lipinski definition) is 0. The first-order valence-corrected chi connectivity index (χ1v) is 3.68. The van der Waals surface area contributed by atoms with Gasteiger partial charge in [0.05, 0.1) is 7.11 Å². The van der Waals surface area contributed by atoms with Crippen LogP contribution in [0.2, 0.25) is 0 Å². The van der Waals surface area contributed by atoms with Crippen molar-refractivity contribution in [2.24, 2.45) is 0 Å². The highest BCUT2D eigenvalue weighted by Crippen LogP contribution is 2.08. The van der Waals surface area contributed by atoms with Gasteiger partial charge in [0.15, 0.2) is 0 Å². The Morgan fingerprint density at radius 1 is 1.30 bits per heavy atom. The molecule has 59 valence electrons. The first kappa shape index (κ1) is 9.70. The molecule has 0 aliphatic carbocycles. The smallest absolute Gasteiger partial charge is 0.0700 e. The van der Waals surface area contributed by atoms with Gasteiger partial charge in [-0.3, -0.25) is 0 Å². The summed E-state index contributed by atoms with van der Waals surface area (Å²) < 4.78 is 4.70. The third-order valence-corrected chi connectivity index (χ3v) is 1.69. The number of hydrogen-bond acceptors (Lipinski definition) is 1. The molecule has 1 nitrogen and oxygen atoms in total. The van der Waals surface area contributed by atoms with Gasteiger partial charge >= 0.3 is 0 Å². The third kappa shape index (κ3) is 4.57. The van der Waals surface area contributed by atoms with E-state index in [4.69, 9.17) is 4.74 Å². The van der Waals surface area contributed by atoms with E-state index in [-0.39, 0.29) is 0 Å². The highest BCUT2D eigenvalue weighted by molar-refractivity contribution is 5.06. The number of allylic oxidation sites excluding steroid dienone is 2. The minimum Gasteiger partial charge on any atom is -0.379 e. The molecule has 0 atom stereocenters. The molecule has 0 unspecified atom stereocenters.